The molecule has 0 saturated heterocycles. The third-order valence-electron chi connectivity index (χ3n) is 4.65. The van der Waals surface area contributed by atoms with E-state index in [1.165, 1.54) is 24.7 Å². The summed E-state index contributed by atoms with van der Waals surface area (Å²) in [7, 11) is 0. The average Bonchev–Trinajstić information content (AvgIpc) is 3.04. The number of rotatable bonds is 7. The van der Waals surface area contributed by atoms with Gasteiger partial charge in [-0.1, -0.05) is 0 Å². The van der Waals surface area contributed by atoms with E-state index in [1.54, 1.807) is 18.5 Å². The molecule has 0 bridgehead atoms. The predicted molar refractivity (Wildman–Crippen MR) is 105 cm³/mol. The van der Waals surface area contributed by atoms with Gasteiger partial charge in [-0.3, -0.25) is 0 Å². The molecule has 1 saturated carbocycles. The van der Waals surface area contributed by atoms with Gasteiger partial charge in [0.25, 0.3) is 0 Å². The number of aromatic nitrogens is 3. The zero-order valence-electron chi connectivity index (χ0n) is 15.8. The normalized spacial score (nSPS) is 18.0. The molecule has 6 nitrogen and oxygen atoms in total. The molecule has 1 amide bonds. The summed E-state index contributed by atoms with van der Waals surface area (Å²) in [5.41, 5.74) is -1.31. The van der Waals surface area contributed by atoms with E-state index < -0.39 is 39.4 Å². The Bertz CT molecular complexity index is 895. The Morgan fingerprint density at radius 2 is 2.17 bits per heavy atom. The van der Waals surface area contributed by atoms with Crippen LogP contribution in [0.5, 0.6) is 0 Å². The minimum atomic E-state index is -2.63. The van der Waals surface area contributed by atoms with E-state index in [0.29, 0.717) is 4.35 Å². The van der Waals surface area contributed by atoms with Crippen LogP contribution < -0.4 is 14.0 Å². The number of pyridine rings is 1. The van der Waals surface area contributed by atoms with Crippen LogP contribution in [0.3, 0.4) is 0 Å². The molecule has 29 heavy (non-hydrogen) atoms. The van der Waals surface area contributed by atoms with Gasteiger partial charge in [0.05, 0.1) is 0 Å². The van der Waals surface area contributed by atoms with Crippen LogP contribution in [0.2, 0.25) is 5.15 Å². The molecule has 2 unspecified atom stereocenters. The molecule has 2 heterocycles. The number of nitrogens with zero attached hydrogens (tertiary/aromatic N) is 3. The Labute approximate surface area is 177 Å². The number of aliphatic hydroxyl groups is 1. The summed E-state index contributed by atoms with van der Waals surface area (Å²) in [4.78, 5) is 16.4. The van der Waals surface area contributed by atoms with Crippen molar-refractivity contribution in [3.05, 3.63) is 35.4 Å². The second-order valence-electron chi connectivity index (χ2n) is 7.64. The van der Waals surface area contributed by atoms with E-state index in [2.05, 4.69) is 15.4 Å². The molecule has 2 aromatic rings. The standard InChI is InChI=1S/C18H21AsClF3N4O2/c1-17(2,29)14(21)8-25-16(28)12-7-24-15(20)3-13(12)19-10-6-26-27(9-10)11-4-18(22,23)5-11/h3,6-7,9,11,14,19,29H,4-5,8H2,1-2H3,(H,25,28). The van der Waals surface area contributed by atoms with E-state index in [0.717, 1.165) is 4.35 Å². The van der Waals surface area contributed by atoms with Crippen molar-refractivity contribution in [2.75, 3.05) is 6.54 Å². The number of nitrogens with one attached hydrogen (secondary N) is 1. The van der Waals surface area contributed by atoms with Crippen LogP contribution >= 0.6 is 11.6 Å². The van der Waals surface area contributed by atoms with Crippen molar-refractivity contribution in [2.45, 2.75) is 50.4 Å². The molecule has 0 aliphatic heterocycles. The van der Waals surface area contributed by atoms with Gasteiger partial charge >= 0.3 is 177 Å². The van der Waals surface area contributed by atoms with Crippen molar-refractivity contribution in [1.82, 2.24) is 20.1 Å². The fourth-order valence-corrected chi connectivity index (χ4v) is 5.58. The number of carbonyl (C=O) groups excluding carboxylic acids is 1. The van der Waals surface area contributed by atoms with E-state index in [9.17, 15) is 23.1 Å². The molecule has 1 aliphatic rings. The molecule has 2 atom stereocenters. The maximum atomic E-state index is 13.9. The molecule has 2 N–H and O–H groups in total. The van der Waals surface area contributed by atoms with Gasteiger partial charge in [0.2, 0.25) is 0 Å². The Morgan fingerprint density at radius 1 is 1.48 bits per heavy atom. The topological polar surface area (TPSA) is 80.0 Å². The maximum absolute atomic E-state index is 13.9. The van der Waals surface area contributed by atoms with Crippen molar-refractivity contribution in [3.8, 4) is 0 Å². The van der Waals surface area contributed by atoms with E-state index in [4.69, 9.17) is 11.6 Å². The average molecular weight is 493 g/mol. The Kier molecular flexibility index (Phi) is 6.32. The van der Waals surface area contributed by atoms with Gasteiger partial charge in [0.15, 0.2) is 0 Å². The number of hydrogen-bond donors (Lipinski definition) is 2. The summed E-state index contributed by atoms with van der Waals surface area (Å²) in [5.74, 6) is -3.15. The van der Waals surface area contributed by atoms with Crippen LogP contribution in [0.25, 0.3) is 0 Å². The van der Waals surface area contributed by atoms with Gasteiger partial charge in [-0.15, -0.1) is 0 Å². The monoisotopic (exact) mass is 492 g/mol. The molecule has 11 heteroatoms. The van der Waals surface area contributed by atoms with Gasteiger partial charge in [-0.05, 0) is 0 Å². The summed E-state index contributed by atoms with van der Waals surface area (Å²) in [5, 5.41) is 16.5. The summed E-state index contributed by atoms with van der Waals surface area (Å²) < 4.78 is 43.1. The minimum absolute atomic E-state index is 0.214. The fraction of sp³-hybridized carbons (Fsp3) is 0.500. The zero-order chi connectivity index (χ0) is 21.4. The van der Waals surface area contributed by atoms with Crippen LogP contribution in [0, 0.1) is 0 Å². The van der Waals surface area contributed by atoms with Crippen molar-refractivity contribution in [3.63, 3.8) is 0 Å². The quantitative estimate of drug-likeness (QED) is 0.449. The molecule has 2 aromatic heterocycles. The first-order valence-corrected chi connectivity index (χ1v) is 11.4. The molecule has 0 aromatic carbocycles. The van der Waals surface area contributed by atoms with Crippen LogP contribution in [0.1, 0.15) is 43.1 Å². The molecular formula is C18H21AsClF3N4O2. The predicted octanol–water partition coefficient (Wildman–Crippen LogP) is 1.13. The van der Waals surface area contributed by atoms with Crippen LogP contribution in [0.4, 0.5) is 13.2 Å². The molecular weight excluding hydrogens is 472 g/mol. The second-order valence-corrected chi connectivity index (χ2v) is 10.9. The molecule has 0 radical (unpaired) electrons. The van der Waals surface area contributed by atoms with Gasteiger partial charge in [-0.25, -0.2) is 0 Å². The van der Waals surface area contributed by atoms with Gasteiger partial charge in [0.1, 0.15) is 0 Å². The van der Waals surface area contributed by atoms with E-state index in [1.807, 2.05) is 0 Å². The van der Waals surface area contributed by atoms with E-state index >= 15 is 0 Å². The Hall–Kier alpha value is -1.57. The molecule has 158 valence electrons. The zero-order valence-corrected chi connectivity index (χ0v) is 18.6. The van der Waals surface area contributed by atoms with Crippen molar-refractivity contribution in [2.24, 2.45) is 0 Å². The van der Waals surface area contributed by atoms with Gasteiger partial charge in [-0.2, -0.15) is 0 Å². The molecule has 1 aliphatic carbocycles. The summed E-state index contributed by atoms with van der Waals surface area (Å²) in [6.07, 6.45) is 2.57. The van der Waals surface area contributed by atoms with Crippen LogP contribution in [-0.4, -0.2) is 65.8 Å². The second kappa shape index (κ2) is 8.28. The number of carbonyl (C=O) groups is 1. The third kappa shape index (κ3) is 5.52. The molecule has 0 spiro atoms. The van der Waals surface area contributed by atoms with Crippen molar-refractivity contribution >= 4 is 42.0 Å². The van der Waals surface area contributed by atoms with Crippen LogP contribution in [-0.2, 0) is 0 Å². The Balaban J connectivity index is 1.71. The first kappa shape index (κ1) is 22.1. The van der Waals surface area contributed by atoms with Crippen LogP contribution in [0.15, 0.2) is 24.7 Å². The van der Waals surface area contributed by atoms with Crippen molar-refractivity contribution in [1.29, 1.82) is 0 Å². The number of hydrogen-bond acceptors (Lipinski definition) is 4. The fourth-order valence-electron chi connectivity index (χ4n) is 2.82. The summed E-state index contributed by atoms with van der Waals surface area (Å²) >= 11 is 4.91. The third-order valence-corrected chi connectivity index (χ3v) is 7.43. The van der Waals surface area contributed by atoms with Gasteiger partial charge < -0.3 is 0 Å². The molecule has 3 rings (SSSR count). The van der Waals surface area contributed by atoms with E-state index in [-0.39, 0.29) is 36.1 Å². The number of alkyl halides is 3. The SMILES string of the molecule is CC(C)(O)C(F)CNC(=O)c1cnc(Cl)cc1[AsH]c1cnn(C2CC(F)(F)C2)c1. The van der Waals surface area contributed by atoms with Gasteiger partial charge in [0, 0.05) is 0 Å². The number of halogens is 4. The summed E-state index contributed by atoms with van der Waals surface area (Å²) in [6, 6.07) is 1.26. The van der Waals surface area contributed by atoms with Crippen molar-refractivity contribution < 1.29 is 23.1 Å². The first-order valence-electron chi connectivity index (χ1n) is 8.94. The molecule has 1 fully saturated rings. The first-order chi connectivity index (χ1) is 13.4. The summed E-state index contributed by atoms with van der Waals surface area (Å²) in [6.45, 7) is 2.29. The number of amides is 1. The Morgan fingerprint density at radius 3 is 2.79 bits per heavy atom.